The molecule has 19 nitrogen and oxygen atoms in total. The van der Waals surface area contributed by atoms with Crippen molar-refractivity contribution in [2.24, 2.45) is 11.7 Å². The van der Waals surface area contributed by atoms with Crippen molar-refractivity contribution in [3.63, 3.8) is 0 Å². The van der Waals surface area contributed by atoms with E-state index >= 15 is 0 Å². The standard InChI is InChI=1S/C36H59B2N11O8/c1-20(2)18-27-34(55)46-25(12-16-42-37)31(52)45-26(13-17-43-38)33(54)49-29(21(3)50)36(57)41-15-10-23(39)30(51)44-24(11-14-40-4)32(53)48-28(35(56)47-27)19-22-8-6-5-7-9-22/h5-9,20-21,23-29,40,42-43,50H,10-19,39H2,1-4H3,(H,41,57)(H,44,51)(H,45,52)(H,46,55)(H,47,56)(H,48,53)(H,49,54)/t21-,23+,24+,25+,26+,27+,28-,29+/m1/s1. The molecule has 4 radical (unpaired) electrons. The molecule has 0 aromatic heterocycles. The minimum absolute atomic E-state index is 0.0299. The van der Waals surface area contributed by atoms with Gasteiger partial charge in [-0.2, -0.15) is 0 Å². The molecule has 1 saturated heterocycles. The Morgan fingerprint density at radius 3 is 1.63 bits per heavy atom. The average Bonchev–Trinajstić information content (AvgIpc) is 3.17. The quantitative estimate of drug-likeness (QED) is 0.0791. The van der Waals surface area contributed by atoms with Crippen LogP contribution >= 0.6 is 0 Å². The molecular weight excluding hydrogens is 736 g/mol. The van der Waals surface area contributed by atoms with Crippen LogP contribution < -0.4 is 58.7 Å². The molecule has 0 unspecified atom stereocenters. The van der Waals surface area contributed by atoms with Gasteiger partial charge in [0.05, 0.1) is 12.1 Å². The van der Waals surface area contributed by atoms with Crippen molar-refractivity contribution in [1.82, 2.24) is 53.0 Å². The number of rotatable bonds is 14. The number of aliphatic hydroxyl groups excluding tert-OH is 1. The Balaban J connectivity index is 2.62. The number of hydrogen-bond acceptors (Lipinski definition) is 12. The fourth-order valence-corrected chi connectivity index (χ4v) is 5.93. The van der Waals surface area contributed by atoms with E-state index in [0.717, 1.165) is 0 Å². The zero-order chi connectivity index (χ0) is 42.5. The van der Waals surface area contributed by atoms with Crippen molar-refractivity contribution in [1.29, 1.82) is 0 Å². The van der Waals surface area contributed by atoms with E-state index in [1.54, 1.807) is 37.4 Å². The second kappa shape index (κ2) is 25.6. The number of nitrogens with one attached hydrogen (secondary N) is 10. The molecule has 1 aromatic carbocycles. The molecule has 0 spiro atoms. The summed E-state index contributed by atoms with van der Waals surface area (Å²) in [6, 6.07) is 0.124. The van der Waals surface area contributed by atoms with E-state index in [-0.39, 0.29) is 64.1 Å². The Hall–Kier alpha value is -4.56. The van der Waals surface area contributed by atoms with Crippen LogP contribution in [0.4, 0.5) is 0 Å². The van der Waals surface area contributed by atoms with E-state index < -0.39 is 89.7 Å². The zero-order valence-electron chi connectivity index (χ0n) is 33.2. The maximum atomic E-state index is 14.1. The molecule has 1 aromatic rings. The van der Waals surface area contributed by atoms with Crippen LogP contribution in [-0.4, -0.2) is 144 Å². The number of benzene rings is 1. The fraction of sp³-hybridized carbons (Fsp3) is 0.639. The first-order chi connectivity index (χ1) is 27.1. The minimum atomic E-state index is -1.48. The number of amides is 7. The van der Waals surface area contributed by atoms with Gasteiger partial charge < -0.3 is 63.8 Å². The molecule has 1 aliphatic heterocycles. The second-order valence-electron chi connectivity index (χ2n) is 14.4. The maximum absolute atomic E-state index is 14.1. The van der Waals surface area contributed by atoms with Gasteiger partial charge in [-0.25, -0.2) is 0 Å². The summed E-state index contributed by atoms with van der Waals surface area (Å²) >= 11 is 0. The van der Waals surface area contributed by atoms with Gasteiger partial charge in [-0.15, -0.1) is 0 Å². The highest BCUT2D eigenvalue weighted by Gasteiger charge is 2.35. The molecule has 21 heteroatoms. The van der Waals surface area contributed by atoms with Crippen molar-refractivity contribution in [3.8, 4) is 0 Å². The number of nitrogens with two attached hydrogens (primary N) is 1. The summed E-state index contributed by atoms with van der Waals surface area (Å²) in [6.45, 7) is 5.22. The molecule has 13 N–H and O–H groups in total. The third kappa shape index (κ3) is 17.2. The van der Waals surface area contributed by atoms with E-state index in [0.29, 0.717) is 12.1 Å². The van der Waals surface area contributed by atoms with Gasteiger partial charge in [0, 0.05) is 13.0 Å². The number of carbonyl (C=O) groups is 7. The van der Waals surface area contributed by atoms with Crippen molar-refractivity contribution in [2.45, 2.75) is 108 Å². The fourth-order valence-electron chi connectivity index (χ4n) is 5.93. The van der Waals surface area contributed by atoms with E-state index in [9.17, 15) is 38.7 Å². The lowest BCUT2D eigenvalue weighted by Gasteiger charge is -2.28. The highest BCUT2D eigenvalue weighted by molar-refractivity contribution is 6.04. The molecule has 0 aliphatic carbocycles. The molecular formula is C36H59B2N11O8. The van der Waals surface area contributed by atoms with Crippen LogP contribution in [0.25, 0.3) is 0 Å². The molecule has 0 bridgehead atoms. The van der Waals surface area contributed by atoms with Crippen LogP contribution in [0.5, 0.6) is 0 Å². The van der Waals surface area contributed by atoms with Crippen LogP contribution in [0.2, 0.25) is 0 Å². The van der Waals surface area contributed by atoms with Crippen molar-refractivity contribution in [3.05, 3.63) is 35.9 Å². The van der Waals surface area contributed by atoms with Gasteiger partial charge in [0.1, 0.15) is 36.3 Å². The molecule has 312 valence electrons. The van der Waals surface area contributed by atoms with Crippen LogP contribution in [-0.2, 0) is 40.0 Å². The van der Waals surface area contributed by atoms with E-state index in [1.165, 1.54) is 6.92 Å². The van der Waals surface area contributed by atoms with Gasteiger partial charge >= 0.3 is 0 Å². The first-order valence-electron chi connectivity index (χ1n) is 19.2. The van der Waals surface area contributed by atoms with Gasteiger partial charge in [0.2, 0.25) is 41.4 Å². The SMILES string of the molecule is [B]NCC[C@@H]1NC(=O)[C@H](CC(C)C)NC(=O)[C@@H](Cc2ccccc2)NC(=O)[C@H](CCNC)NC(=O)[C@@H](N)CCNC(=O)[C@H]([C@@H](C)O)NC(=O)[C@H](CCN[B])NC1=O. The third-order valence-corrected chi connectivity index (χ3v) is 9.15. The molecule has 1 heterocycles. The maximum Gasteiger partial charge on any atom is 0.245 e. The van der Waals surface area contributed by atoms with Gasteiger partial charge in [-0.3, -0.25) is 33.6 Å². The van der Waals surface area contributed by atoms with Gasteiger partial charge in [-0.05, 0) is 77.2 Å². The second-order valence-corrected chi connectivity index (χ2v) is 14.4. The lowest BCUT2D eigenvalue weighted by molar-refractivity contribution is -0.136. The summed E-state index contributed by atoms with van der Waals surface area (Å²) in [4.78, 5) is 95.5. The molecule has 7 amide bonds. The summed E-state index contributed by atoms with van der Waals surface area (Å²) in [7, 11) is 12.6. The van der Waals surface area contributed by atoms with Gasteiger partial charge in [0.15, 0.2) is 16.0 Å². The van der Waals surface area contributed by atoms with Crippen LogP contribution in [0.1, 0.15) is 58.4 Å². The topological polar surface area (TPSA) is 286 Å². The minimum Gasteiger partial charge on any atom is -0.391 e. The predicted octanol–water partition coefficient (Wildman–Crippen LogP) is -4.85. The third-order valence-electron chi connectivity index (χ3n) is 9.15. The monoisotopic (exact) mass is 795 g/mol. The Bertz CT molecular complexity index is 1480. The summed E-state index contributed by atoms with van der Waals surface area (Å²) in [5.74, 6) is -5.34. The smallest absolute Gasteiger partial charge is 0.245 e. The molecule has 57 heavy (non-hydrogen) atoms. The first kappa shape index (κ1) is 48.6. The molecule has 0 saturated carbocycles. The average molecular weight is 796 g/mol. The van der Waals surface area contributed by atoms with E-state index in [1.807, 2.05) is 13.8 Å². The van der Waals surface area contributed by atoms with E-state index in [4.69, 9.17) is 21.7 Å². The normalized spacial score (nSPS) is 25.9. The van der Waals surface area contributed by atoms with Crippen LogP contribution in [0.15, 0.2) is 30.3 Å². The largest absolute Gasteiger partial charge is 0.391 e. The van der Waals surface area contributed by atoms with E-state index in [2.05, 4.69) is 53.0 Å². The molecule has 2 rings (SSSR count). The number of hydrogen-bond donors (Lipinski definition) is 12. The summed E-state index contributed by atoms with van der Waals surface area (Å²) < 4.78 is 0. The number of aliphatic hydroxyl groups is 1. The number of carbonyl (C=O) groups excluding carboxylic acids is 7. The predicted molar refractivity (Wildman–Crippen MR) is 214 cm³/mol. The Morgan fingerprint density at radius 1 is 0.667 bits per heavy atom. The lowest BCUT2D eigenvalue weighted by atomic mass is 10.00. The Labute approximate surface area is 336 Å². The van der Waals surface area contributed by atoms with Crippen LogP contribution in [0, 0.1) is 5.92 Å². The van der Waals surface area contributed by atoms with Gasteiger partial charge in [-0.1, -0.05) is 44.2 Å². The first-order valence-corrected chi connectivity index (χ1v) is 19.2. The highest BCUT2D eigenvalue weighted by Crippen LogP contribution is 2.10. The molecule has 1 fully saturated rings. The van der Waals surface area contributed by atoms with Crippen molar-refractivity contribution in [2.75, 3.05) is 33.2 Å². The van der Waals surface area contributed by atoms with Gasteiger partial charge in [0.25, 0.3) is 0 Å². The Kier molecular flexibility index (Phi) is 21.9. The molecule has 8 atom stereocenters. The Morgan fingerprint density at radius 2 is 1.12 bits per heavy atom. The van der Waals surface area contributed by atoms with Crippen molar-refractivity contribution < 1.29 is 38.7 Å². The summed E-state index contributed by atoms with van der Waals surface area (Å²) in [5.41, 5.74) is 6.85. The van der Waals surface area contributed by atoms with Crippen molar-refractivity contribution >= 4 is 57.3 Å². The highest BCUT2D eigenvalue weighted by atomic mass is 16.3. The van der Waals surface area contributed by atoms with Crippen LogP contribution in [0.3, 0.4) is 0 Å². The summed E-state index contributed by atoms with van der Waals surface area (Å²) in [5, 5.41) is 36.6. The molecule has 1 aliphatic rings. The summed E-state index contributed by atoms with van der Waals surface area (Å²) in [6.07, 6.45) is -1.28. The zero-order valence-corrected chi connectivity index (χ0v) is 33.2. The lowest BCUT2D eigenvalue weighted by Crippen LogP contribution is -2.61.